The molecule has 0 N–H and O–H groups in total. The molecular formula is C18H24O2. The molecule has 20 heavy (non-hydrogen) atoms. The summed E-state index contributed by atoms with van der Waals surface area (Å²) in [4.78, 5) is 11.1. The highest BCUT2D eigenvalue weighted by Crippen LogP contribution is 2.18. The number of benzene rings is 1. The second-order valence-corrected chi connectivity index (χ2v) is 5.48. The molecule has 0 saturated carbocycles. The SMILES string of the molecule is CCCCCc1ccc(COC2=CCC(=O)CC2)cc1. The van der Waals surface area contributed by atoms with Crippen molar-refractivity contribution < 1.29 is 9.53 Å². The molecule has 0 saturated heterocycles. The van der Waals surface area contributed by atoms with Gasteiger partial charge in [-0.25, -0.2) is 0 Å². The number of ether oxygens (including phenoxy) is 1. The van der Waals surface area contributed by atoms with Gasteiger partial charge in [-0.1, -0.05) is 44.0 Å². The summed E-state index contributed by atoms with van der Waals surface area (Å²) in [5, 5.41) is 0. The van der Waals surface area contributed by atoms with E-state index in [0.717, 1.165) is 12.2 Å². The van der Waals surface area contributed by atoms with Crippen LogP contribution in [-0.2, 0) is 22.6 Å². The van der Waals surface area contributed by atoms with Gasteiger partial charge in [-0.15, -0.1) is 0 Å². The van der Waals surface area contributed by atoms with Gasteiger partial charge in [0.2, 0.25) is 0 Å². The van der Waals surface area contributed by atoms with Gasteiger partial charge in [0.25, 0.3) is 0 Å². The zero-order valence-corrected chi connectivity index (χ0v) is 12.4. The Morgan fingerprint density at radius 3 is 2.45 bits per heavy atom. The van der Waals surface area contributed by atoms with Crippen molar-refractivity contribution in [2.24, 2.45) is 0 Å². The molecule has 0 fully saturated rings. The Labute approximate surface area is 121 Å². The predicted octanol–water partition coefficient (Wildman–Crippen LogP) is 4.57. The Balaban J connectivity index is 1.77. The van der Waals surface area contributed by atoms with Gasteiger partial charge in [0.05, 0.1) is 5.76 Å². The Morgan fingerprint density at radius 2 is 1.80 bits per heavy atom. The molecule has 0 heterocycles. The van der Waals surface area contributed by atoms with Gasteiger partial charge in [-0.2, -0.15) is 0 Å². The minimum absolute atomic E-state index is 0.314. The Morgan fingerprint density at radius 1 is 1.05 bits per heavy atom. The van der Waals surface area contributed by atoms with E-state index in [9.17, 15) is 4.79 Å². The van der Waals surface area contributed by atoms with Crippen molar-refractivity contribution in [3.63, 3.8) is 0 Å². The minimum Gasteiger partial charge on any atom is -0.494 e. The van der Waals surface area contributed by atoms with Crippen LogP contribution in [0.2, 0.25) is 0 Å². The normalized spacial score (nSPS) is 15.1. The van der Waals surface area contributed by atoms with E-state index in [-0.39, 0.29) is 0 Å². The summed E-state index contributed by atoms with van der Waals surface area (Å²) in [5.41, 5.74) is 2.60. The molecule has 0 unspecified atom stereocenters. The van der Waals surface area contributed by atoms with Crippen LogP contribution in [0, 0.1) is 0 Å². The maximum Gasteiger partial charge on any atom is 0.137 e. The molecule has 0 atom stereocenters. The summed E-state index contributed by atoms with van der Waals surface area (Å²) in [5.74, 6) is 1.28. The van der Waals surface area contributed by atoms with Crippen molar-refractivity contribution in [3.8, 4) is 0 Å². The maximum absolute atomic E-state index is 11.1. The summed E-state index contributed by atoms with van der Waals surface area (Å²) >= 11 is 0. The lowest BCUT2D eigenvalue weighted by molar-refractivity contribution is -0.118. The molecule has 2 rings (SSSR count). The van der Waals surface area contributed by atoms with E-state index in [1.165, 1.54) is 36.8 Å². The largest absolute Gasteiger partial charge is 0.494 e. The average Bonchev–Trinajstić information content (AvgIpc) is 2.48. The lowest BCUT2D eigenvalue weighted by Gasteiger charge is -2.14. The molecule has 2 nitrogen and oxygen atoms in total. The van der Waals surface area contributed by atoms with E-state index < -0.39 is 0 Å². The molecule has 0 bridgehead atoms. The first-order valence-corrected chi connectivity index (χ1v) is 7.69. The fourth-order valence-corrected chi connectivity index (χ4v) is 2.38. The van der Waals surface area contributed by atoms with Crippen LogP contribution in [0.5, 0.6) is 0 Å². The summed E-state index contributed by atoms with van der Waals surface area (Å²) in [6.07, 6.45) is 8.85. The van der Waals surface area contributed by atoms with Crippen molar-refractivity contribution in [1.29, 1.82) is 0 Å². The van der Waals surface area contributed by atoms with Gasteiger partial charge in [0.15, 0.2) is 0 Å². The number of carbonyl (C=O) groups is 1. The van der Waals surface area contributed by atoms with E-state index in [1.54, 1.807) is 0 Å². The van der Waals surface area contributed by atoms with Crippen LogP contribution in [-0.4, -0.2) is 5.78 Å². The number of unbranched alkanes of at least 4 members (excludes halogenated alkanes) is 2. The molecule has 1 aromatic rings. The zero-order valence-electron chi connectivity index (χ0n) is 12.4. The van der Waals surface area contributed by atoms with Crippen molar-refractivity contribution in [2.75, 3.05) is 0 Å². The number of hydrogen-bond donors (Lipinski definition) is 0. The fourth-order valence-electron chi connectivity index (χ4n) is 2.38. The number of allylic oxidation sites excluding steroid dienone is 2. The first-order chi connectivity index (χ1) is 9.78. The minimum atomic E-state index is 0.314. The lowest BCUT2D eigenvalue weighted by Crippen LogP contribution is -2.05. The van der Waals surface area contributed by atoms with Crippen molar-refractivity contribution in [2.45, 2.75) is 58.5 Å². The highest BCUT2D eigenvalue weighted by atomic mass is 16.5. The maximum atomic E-state index is 11.1. The number of hydrogen-bond acceptors (Lipinski definition) is 2. The summed E-state index contributed by atoms with van der Waals surface area (Å²) in [7, 11) is 0. The van der Waals surface area contributed by atoms with Crippen LogP contribution < -0.4 is 0 Å². The van der Waals surface area contributed by atoms with Crippen LogP contribution in [0.3, 0.4) is 0 Å². The number of Topliss-reactive ketones (excluding diaryl/α,β-unsaturated/α-hetero) is 1. The molecule has 0 radical (unpaired) electrons. The highest BCUT2D eigenvalue weighted by molar-refractivity contribution is 5.81. The van der Waals surface area contributed by atoms with Gasteiger partial charge in [-0.05, 0) is 30.0 Å². The average molecular weight is 272 g/mol. The van der Waals surface area contributed by atoms with Crippen molar-refractivity contribution in [1.82, 2.24) is 0 Å². The number of rotatable bonds is 7. The molecule has 1 aliphatic carbocycles. The summed E-state index contributed by atoms with van der Waals surface area (Å²) < 4.78 is 5.76. The molecule has 1 aromatic carbocycles. The van der Waals surface area contributed by atoms with Crippen LogP contribution >= 0.6 is 0 Å². The molecule has 0 aromatic heterocycles. The predicted molar refractivity (Wildman–Crippen MR) is 81.4 cm³/mol. The zero-order chi connectivity index (χ0) is 14.2. The first-order valence-electron chi connectivity index (χ1n) is 7.69. The third-order valence-corrected chi connectivity index (χ3v) is 3.72. The Bertz CT molecular complexity index is 457. The molecule has 108 valence electrons. The Kier molecular flexibility index (Phi) is 5.85. The standard InChI is InChI=1S/C18H24O2/c1-2-3-4-5-15-6-8-16(9-7-15)14-20-18-12-10-17(19)11-13-18/h6-9,12H,2-5,10-11,13-14H2,1H3. The van der Waals surface area contributed by atoms with Crippen molar-refractivity contribution >= 4 is 5.78 Å². The third kappa shape index (κ3) is 4.84. The van der Waals surface area contributed by atoms with Gasteiger partial charge < -0.3 is 4.74 Å². The van der Waals surface area contributed by atoms with Crippen molar-refractivity contribution in [3.05, 3.63) is 47.2 Å². The smallest absolute Gasteiger partial charge is 0.137 e. The third-order valence-electron chi connectivity index (χ3n) is 3.72. The van der Waals surface area contributed by atoms with Gasteiger partial charge in [0, 0.05) is 19.3 Å². The van der Waals surface area contributed by atoms with E-state index in [4.69, 9.17) is 4.74 Å². The summed E-state index contributed by atoms with van der Waals surface area (Å²) in [6, 6.07) is 8.70. The van der Waals surface area contributed by atoms with E-state index >= 15 is 0 Å². The van der Waals surface area contributed by atoms with Crippen LogP contribution in [0.25, 0.3) is 0 Å². The fraction of sp³-hybridized carbons (Fsp3) is 0.500. The van der Waals surface area contributed by atoms with Gasteiger partial charge in [0.1, 0.15) is 12.4 Å². The monoisotopic (exact) mass is 272 g/mol. The molecule has 0 amide bonds. The molecule has 0 aliphatic heterocycles. The Hall–Kier alpha value is -1.57. The van der Waals surface area contributed by atoms with Gasteiger partial charge >= 0.3 is 0 Å². The van der Waals surface area contributed by atoms with Gasteiger partial charge in [-0.3, -0.25) is 4.79 Å². The van der Waals surface area contributed by atoms with E-state index in [2.05, 4.69) is 31.2 Å². The summed E-state index contributed by atoms with van der Waals surface area (Å²) in [6.45, 7) is 2.84. The topological polar surface area (TPSA) is 26.3 Å². The van der Waals surface area contributed by atoms with E-state index in [1.807, 2.05) is 6.08 Å². The van der Waals surface area contributed by atoms with Crippen LogP contribution in [0.1, 0.15) is 56.6 Å². The highest BCUT2D eigenvalue weighted by Gasteiger charge is 2.11. The lowest BCUT2D eigenvalue weighted by atomic mass is 10.0. The number of aryl methyl sites for hydroxylation is 1. The molecule has 2 heteroatoms. The number of ketones is 1. The van der Waals surface area contributed by atoms with E-state index in [0.29, 0.717) is 25.2 Å². The molecule has 0 spiro atoms. The quantitative estimate of drug-likeness (QED) is 0.679. The van der Waals surface area contributed by atoms with Crippen LogP contribution in [0.4, 0.5) is 0 Å². The first kappa shape index (κ1) is 14.8. The molecule has 1 aliphatic rings. The second-order valence-electron chi connectivity index (χ2n) is 5.48. The molecular weight excluding hydrogens is 248 g/mol. The second kappa shape index (κ2) is 7.88. The van der Waals surface area contributed by atoms with Crippen LogP contribution in [0.15, 0.2) is 36.1 Å². The number of carbonyl (C=O) groups excluding carboxylic acids is 1.